The zero-order chi connectivity index (χ0) is 16.2. The van der Waals surface area contributed by atoms with Crippen LogP contribution in [0.25, 0.3) is 0 Å². The van der Waals surface area contributed by atoms with E-state index in [-0.39, 0.29) is 13.0 Å². The van der Waals surface area contributed by atoms with Gasteiger partial charge in [-0.2, -0.15) is 26.3 Å². The molecule has 120 valence electrons. The number of hydrogen-bond acceptors (Lipinski definition) is 3. The van der Waals surface area contributed by atoms with E-state index in [1.54, 1.807) is 0 Å². The van der Waals surface area contributed by atoms with E-state index < -0.39 is 30.2 Å². The average Bonchev–Trinajstić information content (AvgIpc) is 2.25. The fraction of sp³-hybridized carbons (Fsp3) is 0.900. The second-order valence-corrected chi connectivity index (χ2v) is 4.04. The predicted octanol–water partition coefficient (Wildman–Crippen LogP) is 2.94. The van der Waals surface area contributed by atoms with Crippen molar-refractivity contribution in [2.24, 2.45) is 0 Å². The molecule has 20 heavy (non-hydrogen) atoms. The van der Waals surface area contributed by atoms with Gasteiger partial charge in [0.05, 0.1) is 6.61 Å². The lowest BCUT2D eigenvalue weighted by Crippen LogP contribution is -2.76. The number of rotatable bonds is 5. The molecule has 0 rings (SSSR count). The normalized spacial score (nSPS) is 14.8. The van der Waals surface area contributed by atoms with Crippen LogP contribution in [0.5, 0.6) is 0 Å². The van der Waals surface area contributed by atoms with Crippen molar-refractivity contribution in [2.75, 3.05) is 6.61 Å². The van der Waals surface area contributed by atoms with E-state index in [1.807, 2.05) is 0 Å². The minimum atomic E-state index is -5.79. The Bertz CT molecular complexity index is 315. The highest BCUT2D eigenvalue weighted by atomic mass is 19.4. The van der Waals surface area contributed by atoms with E-state index in [2.05, 4.69) is 4.74 Å². The summed E-state index contributed by atoms with van der Waals surface area (Å²) in [5.41, 5.74) is -4.55. The quantitative estimate of drug-likeness (QED) is 0.606. The van der Waals surface area contributed by atoms with Crippen molar-refractivity contribution in [1.29, 1.82) is 0 Å². The molecule has 0 saturated carbocycles. The summed E-state index contributed by atoms with van der Waals surface area (Å²) < 4.78 is 81.6. The zero-order valence-electron chi connectivity index (χ0n) is 11.1. The van der Waals surface area contributed by atoms with Gasteiger partial charge < -0.3 is 4.74 Å². The number of hydrogen-bond donors (Lipinski definition) is 2. The van der Waals surface area contributed by atoms with Crippen LogP contribution in [0.15, 0.2) is 0 Å². The van der Waals surface area contributed by atoms with E-state index in [0.29, 0.717) is 0 Å². The number of carbonyl (C=O) groups is 1. The maximum absolute atomic E-state index is 12.9. The summed E-state index contributed by atoms with van der Waals surface area (Å²) in [4.78, 5) is 11.0. The van der Waals surface area contributed by atoms with E-state index >= 15 is 0 Å². The Kier molecular flexibility index (Phi) is 6.12. The fourth-order valence-corrected chi connectivity index (χ4v) is 1.29. The van der Waals surface area contributed by atoms with Crippen molar-refractivity contribution >= 4 is 6.09 Å². The minimum Gasteiger partial charge on any atom is -0.450 e. The Morgan fingerprint density at radius 1 is 1.10 bits per heavy atom. The standard InChI is InChI=1S/C10H16F6N2O2/c1-4-6(3)17-8(9(11,12)13,10(14,15)16)18-7(19)20-5-2/h6,17H,4-5H2,1-3H3,(H,18,19)/t6-/m1/s1. The minimum absolute atomic E-state index is 0.00157. The lowest BCUT2D eigenvalue weighted by atomic mass is 10.1. The average molecular weight is 310 g/mol. The third kappa shape index (κ3) is 4.15. The van der Waals surface area contributed by atoms with Gasteiger partial charge in [-0.15, -0.1) is 0 Å². The Balaban J connectivity index is 5.63. The number of carbonyl (C=O) groups excluding carboxylic acids is 1. The molecule has 0 aliphatic carbocycles. The molecule has 0 spiro atoms. The summed E-state index contributed by atoms with van der Waals surface area (Å²) in [7, 11) is 0. The second kappa shape index (κ2) is 6.51. The van der Waals surface area contributed by atoms with Crippen LogP contribution in [-0.2, 0) is 4.74 Å². The van der Waals surface area contributed by atoms with Crippen LogP contribution in [0.2, 0.25) is 0 Å². The summed E-state index contributed by atoms with van der Waals surface area (Å²) in [6.45, 7) is 3.43. The van der Waals surface area contributed by atoms with Gasteiger partial charge in [-0.3, -0.25) is 10.6 Å². The van der Waals surface area contributed by atoms with Crippen molar-refractivity contribution in [3.8, 4) is 0 Å². The largest absolute Gasteiger partial charge is 0.450 e. The van der Waals surface area contributed by atoms with Crippen LogP contribution in [0, 0.1) is 0 Å². The fourth-order valence-electron chi connectivity index (χ4n) is 1.29. The van der Waals surface area contributed by atoms with Gasteiger partial charge in [0.2, 0.25) is 0 Å². The molecule has 0 aromatic heterocycles. The van der Waals surface area contributed by atoms with Gasteiger partial charge in [-0.25, -0.2) is 4.79 Å². The Morgan fingerprint density at radius 3 is 1.85 bits per heavy atom. The Hall–Kier alpha value is -1.19. The molecule has 0 radical (unpaired) electrons. The maximum Gasteiger partial charge on any atom is 0.434 e. The molecule has 0 fully saturated rings. The molecule has 4 nitrogen and oxygen atoms in total. The first-order valence-corrected chi connectivity index (χ1v) is 5.77. The summed E-state index contributed by atoms with van der Waals surface area (Å²) >= 11 is 0. The molecule has 0 bridgehead atoms. The van der Waals surface area contributed by atoms with Gasteiger partial charge in [-0.1, -0.05) is 6.92 Å². The number of ether oxygens (including phenoxy) is 1. The van der Waals surface area contributed by atoms with Gasteiger partial charge in [0.1, 0.15) is 0 Å². The van der Waals surface area contributed by atoms with Gasteiger partial charge in [-0.05, 0) is 20.3 Å². The third-order valence-corrected chi connectivity index (χ3v) is 2.49. The van der Waals surface area contributed by atoms with Crippen LogP contribution in [0.1, 0.15) is 27.2 Å². The summed E-state index contributed by atoms with van der Waals surface area (Å²) in [6, 6.07) is -1.14. The molecule has 0 aliphatic rings. The monoisotopic (exact) mass is 310 g/mol. The Labute approximate surface area is 111 Å². The van der Waals surface area contributed by atoms with Gasteiger partial charge in [0, 0.05) is 6.04 Å². The molecule has 10 heteroatoms. The van der Waals surface area contributed by atoms with Crippen LogP contribution >= 0.6 is 0 Å². The second-order valence-electron chi connectivity index (χ2n) is 4.04. The first-order valence-electron chi connectivity index (χ1n) is 5.77. The molecular formula is C10H16F6N2O2. The maximum atomic E-state index is 12.9. The smallest absolute Gasteiger partial charge is 0.434 e. The molecule has 1 amide bonds. The zero-order valence-corrected chi connectivity index (χ0v) is 11.1. The molecule has 0 unspecified atom stereocenters. The molecular weight excluding hydrogens is 294 g/mol. The molecule has 0 aromatic carbocycles. The molecule has 1 atom stereocenters. The highest BCUT2D eigenvalue weighted by Crippen LogP contribution is 2.41. The van der Waals surface area contributed by atoms with Gasteiger partial charge in [0.25, 0.3) is 5.66 Å². The number of alkyl carbamates (subject to hydrolysis) is 1. The lowest BCUT2D eigenvalue weighted by Gasteiger charge is -2.39. The highest BCUT2D eigenvalue weighted by Gasteiger charge is 2.72. The first-order chi connectivity index (χ1) is 8.91. The van der Waals surface area contributed by atoms with Crippen molar-refractivity contribution in [1.82, 2.24) is 10.6 Å². The van der Waals surface area contributed by atoms with Crippen LogP contribution < -0.4 is 10.6 Å². The van der Waals surface area contributed by atoms with Gasteiger partial charge in [0.15, 0.2) is 0 Å². The lowest BCUT2D eigenvalue weighted by molar-refractivity contribution is -0.317. The molecule has 2 N–H and O–H groups in total. The van der Waals surface area contributed by atoms with Gasteiger partial charge >= 0.3 is 18.4 Å². The summed E-state index contributed by atoms with van der Waals surface area (Å²) in [6.07, 6.45) is -13.4. The molecule has 0 heterocycles. The summed E-state index contributed by atoms with van der Waals surface area (Å²) in [5, 5.41) is 2.24. The van der Waals surface area contributed by atoms with E-state index in [4.69, 9.17) is 0 Å². The first kappa shape index (κ1) is 18.8. The van der Waals surface area contributed by atoms with Crippen LogP contribution in [0.4, 0.5) is 31.1 Å². The summed E-state index contributed by atoms with van der Waals surface area (Å²) in [5.74, 6) is 0. The number of nitrogens with one attached hydrogen (secondary N) is 2. The van der Waals surface area contributed by atoms with E-state index in [1.165, 1.54) is 19.2 Å². The highest BCUT2D eigenvalue weighted by molar-refractivity contribution is 5.68. The number of halogens is 6. The van der Waals surface area contributed by atoms with Crippen molar-refractivity contribution in [3.05, 3.63) is 0 Å². The number of amides is 1. The topological polar surface area (TPSA) is 50.4 Å². The van der Waals surface area contributed by atoms with E-state index in [0.717, 1.165) is 12.2 Å². The van der Waals surface area contributed by atoms with Crippen LogP contribution in [-0.4, -0.2) is 36.8 Å². The third-order valence-electron chi connectivity index (χ3n) is 2.49. The van der Waals surface area contributed by atoms with Crippen molar-refractivity contribution < 1.29 is 35.9 Å². The van der Waals surface area contributed by atoms with E-state index in [9.17, 15) is 31.1 Å². The molecule has 0 saturated heterocycles. The Morgan fingerprint density at radius 2 is 1.55 bits per heavy atom. The predicted molar refractivity (Wildman–Crippen MR) is 57.9 cm³/mol. The SMILES string of the molecule is CCOC(=O)NC(N[C@H](C)CC)(C(F)(F)F)C(F)(F)F. The van der Waals surface area contributed by atoms with Crippen LogP contribution in [0.3, 0.4) is 0 Å². The molecule has 0 aliphatic heterocycles. The number of alkyl halides is 6. The van der Waals surface area contributed by atoms with Crippen molar-refractivity contribution in [2.45, 2.75) is 51.2 Å². The van der Waals surface area contributed by atoms with Crippen molar-refractivity contribution in [3.63, 3.8) is 0 Å². The molecule has 0 aromatic rings.